The zero-order valence-electron chi connectivity index (χ0n) is 14.8. The summed E-state index contributed by atoms with van der Waals surface area (Å²) in [4.78, 5) is 18.4. The Bertz CT molecular complexity index is 345. The Morgan fingerprint density at radius 3 is 2.57 bits per heavy atom. The SMILES string of the molecule is CCNC(=NCCCOCC)N1CCC(CC(=O)NC)CC1.I. The Morgan fingerprint density at radius 2 is 2.00 bits per heavy atom. The normalized spacial score (nSPS) is 16.0. The van der Waals surface area contributed by atoms with Crippen molar-refractivity contribution >= 4 is 35.8 Å². The third-order valence-corrected chi connectivity index (χ3v) is 3.91. The summed E-state index contributed by atoms with van der Waals surface area (Å²) >= 11 is 0. The van der Waals surface area contributed by atoms with Gasteiger partial charge in [0, 0.05) is 52.9 Å². The van der Waals surface area contributed by atoms with Gasteiger partial charge in [0.2, 0.25) is 5.91 Å². The van der Waals surface area contributed by atoms with Gasteiger partial charge in [0.05, 0.1) is 0 Å². The fourth-order valence-corrected chi connectivity index (χ4v) is 2.63. The van der Waals surface area contributed by atoms with Crippen LogP contribution in [0.25, 0.3) is 0 Å². The Balaban J connectivity index is 0.00000484. The molecule has 2 N–H and O–H groups in total. The third kappa shape index (κ3) is 9.34. The lowest BCUT2D eigenvalue weighted by Crippen LogP contribution is -2.46. The Labute approximate surface area is 157 Å². The summed E-state index contributed by atoms with van der Waals surface area (Å²) < 4.78 is 5.34. The molecule has 0 atom stereocenters. The van der Waals surface area contributed by atoms with Crippen molar-refractivity contribution in [3.63, 3.8) is 0 Å². The lowest BCUT2D eigenvalue weighted by atomic mass is 9.93. The minimum absolute atomic E-state index is 0. The second-order valence-electron chi connectivity index (χ2n) is 5.59. The molecule has 0 aliphatic carbocycles. The van der Waals surface area contributed by atoms with E-state index in [1.165, 1.54) is 0 Å². The van der Waals surface area contributed by atoms with E-state index < -0.39 is 0 Å². The van der Waals surface area contributed by atoms with Gasteiger partial charge in [-0.2, -0.15) is 0 Å². The van der Waals surface area contributed by atoms with Crippen molar-refractivity contribution in [1.82, 2.24) is 15.5 Å². The molecule has 0 radical (unpaired) electrons. The van der Waals surface area contributed by atoms with Gasteiger partial charge in [-0.1, -0.05) is 0 Å². The van der Waals surface area contributed by atoms with Crippen LogP contribution in [0.4, 0.5) is 0 Å². The fourth-order valence-electron chi connectivity index (χ4n) is 2.63. The topological polar surface area (TPSA) is 66.0 Å². The highest BCUT2D eigenvalue weighted by molar-refractivity contribution is 14.0. The predicted octanol–water partition coefficient (Wildman–Crippen LogP) is 1.84. The van der Waals surface area contributed by atoms with E-state index in [9.17, 15) is 4.79 Å². The lowest BCUT2D eigenvalue weighted by Gasteiger charge is -2.34. The highest BCUT2D eigenvalue weighted by Gasteiger charge is 2.22. The van der Waals surface area contributed by atoms with Crippen molar-refractivity contribution in [3.8, 4) is 0 Å². The minimum Gasteiger partial charge on any atom is -0.382 e. The molecular weight excluding hydrogens is 407 g/mol. The van der Waals surface area contributed by atoms with Crippen molar-refractivity contribution in [2.45, 2.75) is 39.5 Å². The molecule has 1 heterocycles. The van der Waals surface area contributed by atoms with Crippen LogP contribution in [-0.4, -0.2) is 63.2 Å². The molecule has 1 saturated heterocycles. The van der Waals surface area contributed by atoms with Gasteiger partial charge >= 0.3 is 0 Å². The van der Waals surface area contributed by atoms with Gasteiger partial charge in [0.25, 0.3) is 0 Å². The Morgan fingerprint density at radius 1 is 1.30 bits per heavy atom. The first-order valence-electron chi connectivity index (χ1n) is 8.52. The van der Waals surface area contributed by atoms with Crippen LogP contribution in [0.3, 0.4) is 0 Å². The molecule has 0 aromatic rings. The second kappa shape index (κ2) is 13.8. The van der Waals surface area contributed by atoms with Gasteiger partial charge in [-0.3, -0.25) is 9.79 Å². The summed E-state index contributed by atoms with van der Waals surface area (Å²) in [5.74, 6) is 1.64. The van der Waals surface area contributed by atoms with E-state index >= 15 is 0 Å². The first-order valence-corrected chi connectivity index (χ1v) is 8.52. The van der Waals surface area contributed by atoms with Gasteiger partial charge in [-0.25, -0.2) is 0 Å². The number of guanidine groups is 1. The summed E-state index contributed by atoms with van der Waals surface area (Å²) in [7, 11) is 1.70. The van der Waals surface area contributed by atoms with E-state index in [1.54, 1.807) is 7.05 Å². The van der Waals surface area contributed by atoms with Crippen LogP contribution in [0, 0.1) is 5.92 Å². The van der Waals surface area contributed by atoms with Gasteiger partial charge in [0.1, 0.15) is 0 Å². The molecule has 23 heavy (non-hydrogen) atoms. The van der Waals surface area contributed by atoms with Gasteiger partial charge in [-0.05, 0) is 39.0 Å². The summed E-state index contributed by atoms with van der Waals surface area (Å²) in [6, 6.07) is 0. The molecule has 1 fully saturated rings. The maximum Gasteiger partial charge on any atom is 0.220 e. The highest BCUT2D eigenvalue weighted by atomic mass is 127. The monoisotopic (exact) mass is 440 g/mol. The zero-order chi connectivity index (χ0) is 16.2. The number of rotatable bonds is 8. The predicted molar refractivity (Wildman–Crippen MR) is 105 cm³/mol. The average molecular weight is 440 g/mol. The molecule has 0 bridgehead atoms. The van der Waals surface area contributed by atoms with Gasteiger partial charge in [-0.15, -0.1) is 24.0 Å². The standard InChI is InChI=1S/C16H32N4O2.HI/c1-4-18-16(19-9-6-12-22-5-2)20-10-7-14(8-11-20)13-15(21)17-3;/h14H,4-13H2,1-3H3,(H,17,21)(H,18,19);1H. The van der Waals surface area contributed by atoms with E-state index in [2.05, 4.69) is 27.4 Å². The number of hydrogen-bond acceptors (Lipinski definition) is 3. The molecule has 0 aromatic carbocycles. The first-order chi connectivity index (χ1) is 10.7. The summed E-state index contributed by atoms with van der Waals surface area (Å²) in [6.07, 6.45) is 3.70. The van der Waals surface area contributed by atoms with Crippen molar-refractivity contribution in [2.24, 2.45) is 10.9 Å². The van der Waals surface area contributed by atoms with Crippen LogP contribution in [0.2, 0.25) is 0 Å². The van der Waals surface area contributed by atoms with Crippen molar-refractivity contribution in [1.29, 1.82) is 0 Å². The zero-order valence-corrected chi connectivity index (χ0v) is 17.1. The minimum atomic E-state index is 0. The number of nitrogens with one attached hydrogen (secondary N) is 2. The molecule has 1 aliphatic heterocycles. The molecule has 136 valence electrons. The molecule has 0 aromatic heterocycles. The van der Waals surface area contributed by atoms with E-state index in [4.69, 9.17) is 4.74 Å². The van der Waals surface area contributed by atoms with Crippen molar-refractivity contribution in [2.75, 3.05) is 46.4 Å². The summed E-state index contributed by atoms with van der Waals surface area (Å²) in [5.41, 5.74) is 0. The van der Waals surface area contributed by atoms with Crippen LogP contribution in [0.15, 0.2) is 4.99 Å². The van der Waals surface area contributed by atoms with Crippen LogP contribution in [0.5, 0.6) is 0 Å². The summed E-state index contributed by atoms with van der Waals surface area (Å²) in [6.45, 7) is 9.25. The van der Waals surface area contributed by atoms with E-state index in [-0.39, 0.29) is 29.9 Å². The second-order valence-corrected chi connectivity index (χ2v) is 5.59. The first kappa shape index (κ1) is 22.4. The van der Waals surface area contributed by atoms with E-state index in [1.807, 2.05) is 6.92 Å². The average Bonchev–Trinajstić information content (AvgIpc) is 2.54. The maximum atomic E-state index is 11.5. The summed E-state index contributed by atoms with van der Waals surface area (Å²) in [5, 5.41) is 6.08. The molecule has 0 saturated carbocycles. The van der Waals surface area contributed by atoms with E-state index in [0.29, 0.717) is 12.3 Å². The number of halogens is 1. The van der Waals surface area contributed by atoms with Crippen LogP contribution >= 0.6 is 24.0 Å². The highest BCUT2D eigenvalue weighted by Crippen LogP contribution is 2.20. The number of carbonyl (C=O) groups excluding carboxylic acids is 1. The fraction of sp³-hybridized carbons (Fsp3) is 0.875. The van der Waals surface area contributed by atoms with Crippen molar-refractivity contribution < 1.29 is 9.53 Å². The molecule has 0 spiro atoms. The lowest BCUT2D eigenvalue weighted by molar-refractivity contribution is -0.121. The number of nitrogens with zero attached hydrogens (tertiary/aromatic N) is 2. The number of piperidine rings is 1. The van der Waals surface area contributed by atoms with Crippen LogP contribution in [0.1, 0.15) is 39.5 Å². The number of aliphatic imine (C=N–C) groups is 1. The molecule has 6 nitrogen and oxygen atoms in total. The molecule has 1 amide bonds. The molecule has 1 aliphatic rings. The number of amides is 1. The molecule has 1 rings (SSSR count). The van der Waals surface area contributed by atoms with E-state index in [0.717, 1.165) is 64.6 Å². The van der Waals surface area contributed by atoms with Gasteiger partial charge < -0.3 is 20.3 Å². The Kier molecular flexibility index (Phi) is 13.5. The number of hydrogen-bond donors (Lipinski definition) is 2. The number of carbonyl (C=O) groups is 1. The quantitative estimate of drug-likeness (QED) is 0.262. The van der Waals surface area contributed by atoms with Crippen LogP contribution < -0.4 is 10.6 Å². The third-order valence-electron chi connectivity index (χ3n) is 3.91. The number of ether oxygens (including phenoxy) is 1. The van der Waals surface area contributed by atoms with Crippen molar-refractivity contribution in [3.05, 3.63) is 0 Å². The van der Waals surface area contributed by atoms with Gasteiger partial charge in [0.15, 0.2) is 5.96 Å². The molecule has 7 heteroatoms. The molecular formula is C16H33IN4O2. The molecule has 0 unspecified atom stereocenters. The largest absolute Gasteiger partial charge is 0.382 e. The smallest absolute Gasteiger partial charge is 0.220 e. The number of likely N-dealkylation sites (tertiary alicyclic amines) is 1. The van der Waals surface area contributed by atoms with Crippen LogP contribution in [-0.2, 0) is 9.53 Å². The Hall–Kier alpha value is -0.570. The maximum absolute atomic E-state index is 11.5.